The zero-order valence-corrected chi connectivity index (χ0v) is 14.8. The number of amides is 3. The zero-order chi connectivity index (χ0) is 17.6. The van der Waals surface area contributed by atoms with Gasteiger partial charge in [0.2, 0.25) is 5.91 Å². The second kappa shape index (κ2) is 8.20. The van der Waals surface area contributed by atoms with Crippen molar-refractivity contribution in [1.82, 2.24) is 14.7 Å². The van der Waals surface area contributed by atoms with Gasteiger partial charge in [0.15, 0.2) is 0 Å². The number of morpholine rings is 1. The molecule has 0 radical (unpaired) electrons. The highest BCUT2D eigenvalue weighted by molar-refractivity contribution is 5.82. The van der Waals surface area contributed by atoms with E-state index in [-0.39, 0.29) is 11.9 Å². The van der Waals surface area contributed by atoms with Crippen LogP contribution < -0.4 is 4.90 Å². The van der Waals surface area contributed by atoms with Crippen molar-refractivity contribution < 1.29 is 14.3 Å². The first-order valence-electron chi connectivity index (χ1n) is 8.81. The number of likely N-dealkylation sites (N-methyl/N-ethyl adjacent to an activating group) is 1. The van der Waals surface area contributed by atoms with Crippen LogP contribution in [0.3, 0.4) is 0 Å². The Morgan fingerprint density at radius 2 is 1.48 bits per heavy atom. The van der Waals surface area contributed by atoms with Gasteiger partial charge >= 0.3 is 6.03 Å². The topological polar surface area (TPSA) is 56.3 Å². The number of hydrogen-bond acceptors (Lipinski definition) is 4. The lowest BCUT2D eigenvalue weighted by Gasteiger charge is -2.39. The maximum atomic E-state index is 12.5. The van der Waals surface area contributed by atoms with E-state index in [1.165, 1.54) is 0 Å². The molecule has 0 aliphatic carbocycles. The van der Waals surface area contributed by atoms with Gasteiger partial charge in [-0.2, -0.15) is 0 Å². The molecule has 0 spiro atoms. The van der Waals surface area contributed by atoms with Gasteiger partial charge in [0.25, 0.3) is 0 Å². The Balaban J connectivity index is 1.46. The van der Waals surface area contributed by atoms with Crippen molar-refractivity contribution in [2.75, 3.05) is 71.0 Å². The molecule has 2 aliphatic heterocycles. The van der Waals surface area contributed by atoms with E-state index in [1.807, 2.05) is 57.0 Å². The molecule has 2 heterocycles. The fourth-order valence-corrected chi connectivity index (χ4v) is 3.18. The molecule has 3 rings (SSSR count). The quantitative estimate of drug-likeness (QED) is 0.809. The van der Waals surface area contributed by atoms with Crippen molar-refractivity contribution in [2.24, 2.45) is 0 Å². The summed E-state index contributed by atoms with van der Waals surface area (Å²) in [6.45, 7) is 5.25. The third-order valence-corrected chi connectivity index (χ3v) is 4.75. The molecule has 0 atom stereocenters. The molecule has 7 nitrogen and oxygen atoms in total. The van der Waals surface area contributed by atoms with E-state index in [9.17, 15) is 9.59 Å². The van der Waals surface area contributed by atoms with Gasteiger partial charge in [-0.05, 0) is 12.1 Å². The number of carbonyl (C=O) groups excluding carboxylic acids is 2. The van der Waals surface area contributed by atoms with E-state index in [0.29, 0.717) is 59.0 Å². The van der Waals surface area contributed by atoms with Gasteiger partial charge in [-0.15, -0.1) is 0 Å². The summed E-state index contributed by atoms with van der Waals surface area (Å²) in [6, 6.07) is 9.94. The van der Waals surface area contributed by atoms with E-state index < -0.39 is 0 Å². The van der Waals surface area contributed by atoms with Crippen molar-refractivity contribution in [2.45, 2.75) is 0 Å². The second-order valence-electron chi connectivity index (χ2n) is 6.44. The van der Waals surface area contributed by atoms with E-state index in [4.69, 9.17) is 4.74 Å². The van der Waals surface area contributed by atoms with Gasteiger partial charge in [-0.3, -0.25) is 4.79 Å². The predicted molar refractivity (Wildman–Crippen MR) is 95.7 cm³/mol. The molecule has 25 heavy (non-hydrogen) atoms. The number of ether oxygens (including phenoxy) is 1. The smallest absolute Gasteiger partial charge is 0.320 e. The van der Waals surface area contributed by atoms with Crippen LogP contribution >= 0.6 is 0 Å². The molecule has 2 fully saturated rings. The Bertz CT molecular complexity index is 581. The lowest BCUT2D eigenvalue weighted by atomic mass is 10.2. The number of anilines is 1. The summed E-state index contributed by atoms with van der Waals surface area (Å²) in [4.78, 5) is 32.5. The normalized spacial score (nSPS) is 18.2. The number of para-hydroxylation sites is 1. The van der Waals surface area contributed by atoms with Crippen molar-refractivity contribution >= 4 is 17.6 Å². The molecule has 0 aromatic heterocycles. The minimum absolute atomic E-state index is 0.0665. The summed E-state index contributed by atoms with van der Waals surface area (Å²) in [7, 11) is 1.92. The third kappa shape index (κ3) is 4.42. The second-order valence-corrected chi connectivity index (χ2v) is 6.44. The molecule has 0 N–H and O–H groups in total. The average molecular weight is 346 g/mol. The van der Waals surface area contributed by atoms with Crippen molar-refractivity contribution in [3.05, 3.63) is 30.3 Å². The maximum absolute atomic E-state index is 12.5. The van der Waals surface area contributed by atoms with E-state index in [1.54, 1.807) is 0 Å². The molecule has 0 bridgehead atoms. The highest BCUT2D eigenvalue weighted by Crippen LogP contribution is 2.12. The molecular weight excluding hydrogens is 320 g/mol. The third-order valence-electron chi connectivity index (χ3n) is 4.75. The first-order chi connectivity index (χ1) is 12.1. The predicted octanol–water partition coefficient (Wildman–Crippen LogP) is 0.719. The van der Waals surface area contributed by atoms with Crippen molar-refractivity contribution in [3.8, 4) is 0 Å². The molecule has 1 aromatic carbocycles. The van der Waals surface area contributed by atoms with Crippen LogP contribution in [0.4, 0.5) is 10.5 Å². The van der Waals surface area contributed by atoms with Crippen LogP contribution in [-0.2, 0) is 9.53 Å². The van der Waals surface area contributed by atoms with Gasteiger partial charge in [0, 0.05) is 52.0 Å². The molecule has 2 aliphatic rings. The lowest BCUT2D eigenvalue weighted by Crippen LogP contribution is -2.56. The largest absolute Gasteiger partial charge is 0.378 e. The SMILES string of the molecule is CN(CC(=O)N1CCN(C(=O)N2CCOCC2)CC1)c1ccccc1. The number of nitrogens with zero attached hydrogens (tertiary/aromatic N) is 4. The molecule has 7 heteroatoms. The van der Waals surface area contributed by atoms with Gasteiger partial charge in [0.1, 0.15) is 0 Å². The number of carbonyl (C=O) groups is 2. The first kappa shape index (κ1) is 17.5. The van der Waals surface area contributed by atoms with Crippen LogP contribution in [0, 0.1) is 0 Å². The van der Waals surface area contributed by atoms with Crippen LogP contribution in [0.25, 0.3) is 0 Å². The summed E-state index contributed by atoms with van der Waals surface area (Å²) < 4.78 is 5.29. The summed E-state index contributed by atoms with van der Waals surface area (Å²) in [5.41, 5.74) is 1.02. The van der Waals surface area contributed by atoms with Gasteiger partial charge in [0.05, 0.1) is 19.8 Å². The number of benzene rings is 1. The fourth-order valence-electron chi connectivity index (χ4n) is 3.18. The number of urea groups is 1. The van der Waals surface area contributed by atoms with E-state index in [2.05, 4.69) is 0 Å². The standard InChI is InChI=1S/C18H26N4O3/c1-19(16-5-3-2-4-6-16)15-17(23)20-7-9-21(10-8-20)18(24)22-11-13-25-14-12-22/h2-6H,7-15H2,1H3. The van der Waals surface area contributed by atoms with Crippen LogP contribution in [0.1, 0.15) is 0 Å². The van der Waals surface area contributed by atoms with Crippen molar-refractivity contribution in [1.29, 1.82) is 0 Å². The van der Waals surface area contributed by atoms with Crippen LogP contribution in [0.2, 0.25) is 0 Å². The van der Waals surface area contributed by atoms with E-state index in [0.717, 1.165) is 5.69 Å². The number of piperazine rings is 1. The summed E-state index contributed by atoms with van der Waals surface area (Å²) in [6.07, 6.45) is 0. The Hall–Kier alpha value is -2.28. The zero-order valence-electron chi connectivity index (χ0n) is 14.8. The lowest BCUT2D eigenvalue weighted by molar-refractivity contribution is -0.131. The van der Waals surface area contributed by atoms with Crippen molar-refractivity contribution in [3.63, 3.8) is 0 Å². The Morgan fingerprint density at radius 1 is 0.920 bits per heavy atom. The van der Waals surface area contributed by atoms with Crippen LogP contribution in [0.15, 0.2) is 30.3 Å². The molecule has 2 saturated heterocycles. The monoisotopic (exact) mass is 346 g/mol. The van der Waals surface area contributed by atoms with Gasteiger partial charge in [-0.25, -0.2) is 4.79 Å². The summed E-state index contributed by atoms with van der Waals surface area (Å²) in [5.74, 6) is 0.102. The Morgan fingerprint density at radius 3 is 2.12 bits per heavy atom. The summed E-state index contributed by atoms with van der Waals surface area (Å²) >= 11 is 0. The molecular formula is C18H26N4O3. The Kier molecular flexibility index (Phi) is 5.75. The number of hydrogen-bond donors (Lipinski definition) is 0. The minimum Gasteiger partial charge on any atom is -0.378 e. The molecule has 0 saturated carbocycles. The highest BCUT2D eigenvalue weighted by atomic mass is 16.5. The minimum atomic E-state index is 0.0665. The van der Waals surface area contributed by atoms with E-state index >= 15 is 0 Å². The molecule has 1 aromatic rings. The average Bonchev–Trinajstić information content (AvgIpc) is 2.69. The molecule has 0 unspecified atom stereocenters. The molecule has 136 valence electrons. The fraction of sp³-hybridized carbons (Fsp3) is 0.556. The van der Waals surface area contributed by atoms with Crippen LogP contribution in [-0.4, -0.2) is 92.7 Å². The highest BCUT2D eigenvalue weighted by Gasteiger charge is 2.28. The number of rotatable bonds is 3. The van der Waals surface area contributed by atoms with Gasteiger partial charge in [-0.1, -0.05) is 18.2 Å². The maximum Gasteiger partial charge on any atom is 0.320 e. The van der Waals surface area contributed by atoms with Crippen LogP contribution in [0.5, 0.6) is 0 Å². The first-order valence-corrected chi connectivity index (χ1v) is 8.81. The van der Waals surface area contributed by atoms with Gasteiger partial charge < -0.3 is 24.3 Å². The molecule has 3 amide bonds. The summed E-state index contributed by atoms with van der Waals surface area (Å²) in [5, 5.41) is 0. The Labute approximate surface area is 148 Å².